The maximum atomic E-state index is 11.6. The Morgan fingerprint density at radius 2 is 1.88 bits per heavy atom. The van der Waals surface area contributed by atoms with Gasteiger partial charge in [-0.2, -0.15) is 0 Å². The molecule has 24 heavy (non-hydrogen) atoms. The summed E-state index contributed by atoms with van der Waals surface area (Å²) in [6.07, 6.45) is 0. The van der Waals surface area contributed by atoms with Crippen molar-refractivity contribution in [3.05, 3.63) is 64.2 Å². The molecule has 2 N–H and O–H groups in total. The Kier molecular flexibility index (Phi) is 6.17. The number of hydrogen-bond acceptors (Lipinski definition) is 2. The number of anilines is 1. The maximum absolute atomic E-state index is 11.6. The minimum absolute atomic E-state index is 0.0940. The Balaban J connectivity index is 2.01. The summed E-state index contributed by atoms with van der Waals surface area (Å²) in [6, 6.07) is 13.1. The third-order valence-electron chi connectivity index (χ3n) is 3.72. The van der Waals surface area contributed by atoms with E-state index in [9.17, 15) is 4.79 Å². The van der Waals surface area contributed by atoms with Crippen molar-refractivity contribution in [1.82, 2.24) is 10.2 Å². The van der Waals surface area contributed by atoms with Gasteiger partial charge in [-0.05, 0) is 54.5 Å². The van der Waals surface area contributed by atoms with Gasteiger partial charge in [-0.3, -0.25) is 4.79 Å². The van der Waals surface area contributed by atoms with Crippen LogP contribution in [-0.4, -0.2) is 30.0 Å². The van der Waals surface area contributed by atoms with E-state index >= 15 is 0 Å². The number of amides is 1. The smallest absolute Gasteiger partial charge is 0.251 e. The van der Waals surface area contributed by atoms with Crippen LogP contribution in [0.4, 0.5) is 5.69 Å². The number of nitrogens with one attached hydrogen (secondary N) is 2. The Labute approximate surface area is 152 Å². The summed E-state index contributed by atoms with van der Waals surface area (Å²) in [6.45, 7) is 2.59. The van der Waals surface area contributed by atoms with E-state index in [1.807, 2.05) is 49.2 Å². The molecule has 0 fully saturated rings. The van der Waals surface area contributed by atoms with Gasteiger partial charge in [0.25, 0.3) is 5.91 Å². The third-order valence-corrected chi connectivity index (χ3v) is 4.54. The van der Waals surface area contributed by atoms with Crippen LogP contribution in [0.5, 0.6) is 0 Å². The minimum atomic E-state index is -0.0940. The maximum Gasteiger partial charge on any atom is 0.251 e. The fourth-order valence-electron chi connectivity index (χ4n) is 2.21. The zero-order valence-corrected chi connectivity index (χ0v) is 15.5. The Bertz CT molecular complexity index is 746. The van der Waals surface area contributed by atoms with Gasteiger partial charge in [0.2, 0.25) is 0 Å². The summed E-state index contributed by atoms with van der Waals surface area (Å²) in [5, 5.41) is 7.14. The number of nitrogens with zero attached hydrogens (tertiary/aromatic N) is 1. The molecule has 6 heteroatoms. The van der Waals surface area contributed by atoms with E-state index in [0.29, 0.717) is 22.2 Å². The minimum Gasteiger partial charge on any atom is -0.355 e. The summed E-state index contributed by atoms with van der Waals surface area (Å²) in [4.78, 5) is 13.5. The monoisotopic (exact) mass is 361 g/mol. The predicted molar refractivity (Wildman–Crippen MR) is 104 cm³/mol. The van der Waals surface area contributed by atoms with Gasteiger partial charge in [0.15, 0.2) is 5.11 Å². The summed E-state index contributed by atoms with van der Waals surface area (Å²) in [5.41, 5.74) is 3.57. The molecule has 0 aliphatic heterocycles. The number of halogens is 1. The largest absolute Gasteiger partial charge is 0.355 e. The van der Waals surface area contributed by atoms with Crippen molar-refractivity contribution in [3.8, 4) is 0 Å². The lowest BCUT2D eigenvalue weighted by atomic mass is 10.1. The lowest BCUT2D eigenvalue weighted by Crippen LogP contribution is -2.30. The topological polar surface area (TPSA) is 44.4 Å². The predicted octanol–water partition coefficient (Wildman–Crippen LogP) is 3.84. The van der Waals surface area contributed by atoms with E-state index in [2.05, 4.69) is 10.6 Å². The Morgan fingerprint density at radius 1 is 1.21 bits per heavy atom. The third kappa shape index (κ3) is 4.46. The summed E-state index contributed by atoms with van der Waals surface area (Å²) in [5.74, 6) is -0.0940. The number of thiocarbonyl (C=S) groups is 1. The summed E-state index contributed by atoms with van der Waals surface area (Å²) >= 11 is 11.6. The number of hydrogen-bond donors (Lipinski definition) is 2. The van der Waals surface area contributed by atoms with Crippen LogP contribution in [0.2, 0.25) is 5.02 Å². The molecule has 0 bridgehead atoms. The average molecular weight is 362 g/mol. The SMILES string of the molecule is CNC(=O)c1ccc(CN(C)C(=S)Nc2cccc(Cl)c2C)cc1. The van der Waals surface area contributed by atoms with Crippen molar-refractivity contribution >= 4 is 40.5 Å². The zero-order chi connectivity index (χ0) is 17.7. The number of carbonyl (C=O) groups excluding carboxylic acids is 1. The number of benzene rings is 2. The van der Waals surface area contributed by atoms with Crippen LogP contribution in [-0.2, 0) is 6.54 Å². The van der Waals surface area contributed by atoms with Crippen molar-refractivity contribution in [3.63, 3.8) is 0 Å². The van der Waals surface area contributed by atoms with E-state index in [4.69, 9.17) is 23.8 Å². The number of rotatable bonds is 4. The molecule has 0 saturated heterocycles. The van der Waals surface area contributed by atoms with Gasteiger partial charge in [-0.15, -0.1) is 0 Å². The lowest BCUT2D eigenvalue weighted by Gasteiger charge is -2.22. The normalized spacial score (nSPS) is 10.2. The molecular formula is C18H20ClN3OS. The van der Waals surface area contributed by atoms with Crippen molar-refractivity contribution in [2.24, 2.45) is 0 Å². The van der Waals surface area contributed by atoms with Gasteiger partial charge < -0.3 is 15.5 Å². The summed E-state index contributed by atoms with van der Waals surface area (Å²) in [7, 11) is 3.54. The molecule has 0 aromatic heterocycles. The molecule has 126 valence electrons. The second kappa shape index (κ2) is 8.13. The first-order valence-corrected chi connectivity index (χ1v) is 8.29. The molecule has 0 saturated carbocycles. The molecule has 0 atom stereocenters. The van der Waals surface area contributed by atoms with E-state index in [1.165, 1.54) is 0 Å². The average Bonchev–Trinajstić information content (AvgIpc) is 2.58. The molecule has 1 amide bonds. The molecule has 2 rings (SSSR count). The molecule has 4 nitrogen and oxygen atoms in total. The van der Waals surface area contributed by atoms with Gasteiger partial charge in [-0.25, -0.2) is 0 Å². The molecule has 0 radical (unpaired) electrons. The van der Waals surface area contributed by atoms with Crippen LogP contribution in [0.3, 0.4) is 0 Å². The van der Waals surface area contributed by atoms with Crippen LogP contribution < -0.4 is 10.6 Å². The molecule has 0 unspecified atom stereocenters. The van der Waals surface area contributed by atoms with Crippen molar-refractivity contribution in [1.29, 1.82) is 0 Å². The molecule has 0 spiro atoms. The van der Waals surface area contributed by atoms with Crippen LogP contribution in [0, 0.1) is 6.92 Å². The highest BCUT2D eigenvalue weighted by atomic mass is 35.5. The van der Waals surface area contributed by atoms with Crippen molar-refractivity contribution in [2.45, 2.75) is 13.5 Å². The van der Waals surface area contributed by atoms with E-state index in [-0.39, 0.29) is 5.91 Å². The fraction of sp³-hybridized carbons (Fsp3) is 0.222. The quantitative estimate of drug-likeness (QED) is 0.812. The molecule has 2 aromatic carbocycles. The second-order valence-corrected chi connectivity index (χ2v) is 6.27. The second-order valence-electron chi connectivity index (χ2n) is 5.47. The van der Waals surface area contributed by atoms with E-state index in [0.717, 1.165) is 16.8 Å². The lowest BCUT2D eigenvalue weighted by molar-refractivity contribution is 0.0963. The molecule has 2 aromatic rings. The van der Waals surface area contributed by atoms with Gasteiger partial charge in [-0.1, -0.05) is 29.8 Å². The zero-order valence-electron chi connectivity index (χ0n) is 13.9. The first kappa shape index (κ1) is 18.2. The van der Waals surface area contributed by atoms with Gasteiger partial charge in [0.1, 0.15) is 0 Å². The van der Waals surface area contributed by atoms with Crippen LogP contribution in [0.15, 0.2) is 42.5 Å². The van der Waals surface area contributed by atoms with Crippen molar-refractivity contribution in [2.75, 3.05) is 19.4 Å². The molecule has 0 aliphatic rings. The molecule has 0 heterocycles. The Hall–Kier alpha value is -2.11. The van der Waals surface area contributed by atoms with Gasteiger partial charge in [0.05, 0.1) is 0 Å². The van der Waals surface area contributed by atoms with Crippen LogP contribution in [0.1, 0.15) is 21.5 Å². The molecule has 0 aliphatic carbocycles. The Morgan fingerprint density at radius 3 is 2.50 bits per heavy atom. The highest BCUT2D eigenvalue weighted by Gasteiger charge is 2.09. The van der Waals surface area contributed by atoms with Crippen molar-refractivity contribution < 1.29 is 4.79 Å². The van der Waals surface area contributed by atoms with Gasteiger partial charge >= 0.3 is 0 Å². The number of carbonyl (C=O) groups is 1. The van der Waals surface area contributed by atoms with E-state index < -0.39 is 0 Å². The van der Waals surface area contributed by atoms with Gasteiger partial charge in [0, 0.05) is 36.9 Å². The standard InChI is InChI=1S/C18H20ClN3OS/c1-12-15(19)5-4-6-16(12)21-18(24)22(3)11-13-7-9-14(10-8-13)17(23)20-2/h4-10H,11H2,1-3H3,(H,20,23)(H,21,24). The first-order chi connectivity index (χ1) is 11.4. The van der Waals surface area contributed by atoms with Crippen LogP contribution >= 0.6 is 23.8 Å². The molecular weight excluding hydrogens is 342 g/mol. The summed E-state index contributed by atoms with van der Waals surface area (Å²) < 4.78 is 0. The van der Waals surface area contributed by atoms with Crippen LogP contribution in [0.25, 0.3) is 0 Å². The first-order valence-electron chi connectivity index (χ1n) is 7.50. The fourth-order valence-corrected chi connectivity index (χ4v) is 2.55. The highest BCUT2D eigenvalue weighted by Crippen LogP contribution is 2.23. The highest BCUT2D eigenvalue weighted by molar-refractivity contribution is 7.80. The van der Waals surface area contributed by atoms with E-state index in [1.54, 1.807) is 19.2 Å².